The van der Waals surface area contributed by atoms with E-state index in [0.717, 1.165) is 4.90 Å². The number of carbonyl (C=O) groups is 4. The number of fused-ring (bicyclic) bond motifs is 1. The second-order valence-corrected chi connectivity index (χ2v) is 6.97. The van der Waals surface area contributed by atoms with E-state index in [2.05, 4.69) is 5.32 Å². The Labute approximate surface area is 157 Å². The molecule has 0 bridgehead atoms. The van der Waals surface area contributed by atoms with Crippen LogP contribution in [0.5, 0.6) is 0 Å². The van der Waals surface area contributed by atoms with E-state index in [4.69, 9.17) is 4.74 Å². The first-order chi connectivity index (χ1) is 12.9. The van der Waals surface area contributed by atoms with Gasteiger partial charge in [0.25, 0.3) is 11.8 Å². The maximum Gasteiger partial charge on any atom is 0.262 e. The van der Waals surface area contributed by atoms with Crippen LogP contribution in [0.15, 0.2) is 24.3 Å². The van der Waals surface area contributed by atoms with Gasteiger partial charge < -0.3 is 15.0 Å². The Morgan fingerprint density at radius 1 is 1.07 bits per heavy atom. The van der Waals surface area contributed by atoms with Crippen molar-refractivity contribution >= 4 is 23.6 Å². The molecule has 8 nitrogen and oxygen atoms in total. The molecule has 0 aromatic heterocycles. The zero-order valence-corrected chi connectivity index (χ0v) is 15.4. The number of carbonyl (C=O) groups excluding carboxylic acids is 4. The zero-order chi connectivity index (χ0) is 19.6. The van der Waals surface area contributed by atoms with Crippen LogP contribution >= 0.6 is 0 Å². The number of nitrogens with one attached hydrogen (secondary N) is 1. The molecule has 2 heterocycles. The zero-order valence-electron chi connectivity index (χ0n) is 15.4. The number of morpholine rings is 1. The average Bonchev–Trinajstić information content (AvgIpc) is 2.91. The molecule has 1 N–H and O–H groups in total. The number of amides is 4. The molecule has 1 aromatic rings. The molecule has 4 amide bonds. The van der Waals surface area contributed by atoms with Crippen molar-refractivity contribution in [1.82, 2.24) is 15.1 Å². The lowest BCUT2D eigenvalue weighted by molar-refractivity contribution is -0.141. The minimum Gasteiger partial charge on any atom is -0.378 e. The van der Waals surface area contributed by atoms with Crippen LogP contribution in [0.3, 0.4) is 0 Å². The quantitative estimate of drug-likeness (QED) is 0.748. The summed E-state index contributed by atoms with van der Waals surface area (Å²) in [7, 11) is 0. The monoisotopic (exact) mass is 373 g/mol. The number of hydrogen-bond donors (Lipinski definition) is 1. The van der Waals surface area contributed by atoms with Crippen LogP contribution in [-0.2, 0) is 14.3 Å². The Balaban J connectivity index is 1.66. The van der Waals surface area contributed by atoms with Gasteiger partial charge >= 0.3 is 0 Å². The van der Waals surface area contributed by atoms with Gasteiger partial charge in [-0.2, -0.15) is 0 Å². The van der Waals surface area contributed by atoms with E-state index in [1.807, 2.05) is 13.8 Å². The molecule has 0 unspecified atom stereocenters. The number of ether oxygens (including phenoxy) is 1. The van der Waals surface area contributed by atoms with Crippen LogP contribution < -0.4 is 5.32 Å². The molecule has 0 aliphatic carbocycles. The van der Waals surface area contributed by atoms with Gasteiger partial charge in [-0.3, -0.25) is 24.1 Å². The number of nitrogens with zero attached hydrogens (tertiary/aromatic N) is 2. The highest BCUT2D eigenvalue weighted by Gasteiger charge is 2.37. The van der Waals surface area contributed by atoms with Crippen molar-refractivity contribution in [3.8, 4) is 0 Å². The lowest BCUT2D eigenvalue weighted by Crippen LogP contribution is -2.55. The molecule has 1 aromatic carbocycles. The van der Waals surface area contributed by atoms with Crippen molar-refractivity contribution in [3.63, 3.8) is 0 Å². The average molecular weight is 373 g/mol. The molecule has 0 saturated carbocycles. The summed E-state index contributed by atoms with van der Waals surface area (Å²) in [6.07, 6.45) is 0. The summed E-state index contributed by atoms with van der Waals surface area (Å²) in [6, 6.07) is 5.75. The minimum atomic E-state index is -0.717. The molecule has 0 spiro atoms. The van der Waals surface area contributed by atoms with Crippen molar-refractivity contribution in [2.75, 3.05) is 32.8 Å². The summed E-state index contributed by atoms with van der Waals surface area (Å²) in [6.45, 7) is 5.17. The molecular formula is C19H23N3O5. The third kappa shape index (κ3) is 3.85. The molecule has 8 heteroatoms. The van der Waals surface area contributed by atoms with Crippen LogP contribution in [0.1, 0.15) is 34.6 Å². The van der Waals surface area contributed by atoms with Crippen molar-refractivity contribution in [1.29, 1.82) is 0 Å². The molecule has 2 aliphatic heterocycles. The molecule has 1 atom stereocenters. The third-order valence-corrected chi connectivity index (χ3v) is 4.75. The lowest BCUT2D eigenvalue weighted by Gasteiger charge is -2.32. The molecule has 1 fully saturated rings. The van der Waals surface area contributed by atoms with Gasteiger partial charge in [-0.15, -0.1) is 0 Å². The van der Waals surface area contributed by atoms with Crippen LogP contribution in [0.4, 0.5) is 0 Å². The molecule has 27 heavy (non-hydrogen) atoms. The van der Waals surface area contributed by atoms with E-state index in [0.29, 0.717) is 37.4 Å². The van der Waals surface area contributed by atoms with E-state index in [1.54, 1.807) is 29.2 Å². The molecule has 3 rings (SSSR count). The van der Waals surface area contributed by atoms with Crippen LogP contribution in [0, 0.1) is 5.92 Å². The standard InChI is InChI=1S/C19H23N3O5/c1-12(2)16(19(26)21-7-9-27-10-8-21)20-15(23)11-22-17(24)13-5-3-4-6-14(13)18(22)25/h3-6,12,16H,7-11H2,1-2H3,(H,20,23)/t16-/m0/s1. The van der Waals surface area contributed by atoms with Crippen molar-refractivity contribution in [2.45, 2.75) is 19.9 Å². The predicted octanol–water partition coefficient (Wildman–Crippen LogP) is 0.282. The lowest BCUT2D eigenvalue weighted by atomic mass is 10.0. The summed E-state index contributed by atoms with van der Waals surface area (Å²) in [5, 5.41) is 2.69. The van der Waals surface area contributed by atoms with E-state index >= 15 is 0 Å². The second-order valence-electron chi connectivity index (χ2n) is 6.97. The van der Waals surface area contributed by atoms with Gasteiger partial charge in [0.05, 0.1) is 24.3 Å². The SMILES string of the molecule is CC(C)[C@H](NC(=O)CN1C(=O)c2ccccc2C1=O)C(=O)N1CCOCC1. The highest BCUT2D eigenvalue weighted by atomic mass is 16.5. The fraction of sp³-hybridized carbons (Fsp3) is 0.474. The Hall–Kier alpha value is -2.74. The minimum absolute atomic E-state index is 0.133. The fourth-order valence-electron chi connectivity index (χ4n) is 3.24. The van der Waals surface area contributed by atoms with Crippen molar-refractivity contribution in [2.24, 2.45) is 5.92 Å². The van der Waals surface area contributed by atoms with Gasteiger partial charge in [0.15, 0.2) is 0 Å². The van der Waals surface area contributed by atoms with Crippen molar-refractivity contribution < 1.29 is 23.9 Å². The largest absolute Gasteiger partial charge is 0.378 e. The maximum absolute atomic E-state index is 12.7. The van der Waals surface area contributed by atoms with Gasteiger partial charge in [-0.25, -0.2) is 0 Å². The van der Waals surface area contributed by atoms with E-state index in [-0.39, 0.29) is 11.8 Å². The highest BCUT2D eigenvalue weighted by Crippen LogP contribution is 2.22. The topological polar surface area (TPSA) is 96.0 Å². The molecule has 2 aliphatic rings. The van der Waals surface area contributed by atoms with Gasteiger partial charge in [0, 0.05) is 13.1 Å². The van der Waals surface area contributed by atoms with E-state index in [1.165, 1.54) is 0 Å². The fourth-order valence-corrected chi connectivity index (χ4v) is 3.24. The Morgan fingerprint density at radius 2 is 1.63 bits per heavy atom. The number of benzene rings is 1. The van der Waals surface area contributed by atoms with Gasteiger partial charge in [-0.1, -0.05) is 26.0 Å². The van der Waals surface area contributed by atoms with Crippen LogP contribution in [-0.4, -0.2) is 72.3 Å². The first kappa shape index (κ1) is 19.0. The maximum atomic E-state index is 12.7. The van der Waals surface area contributed by atoms with Crippen molar-refractivity contribution in [3.05, 3.63) is 35.4 Å². The molecule has 1 saturated heterocycles. The molecule has 144 valence electrons. The van der Waals surface area contributed by atoms with Crippen LogP contribution in [0.25, 0.3) is 0 Å². The summed E-state index contributed by atoms with van der Waals surface area (Å²) in [5.74, 6) is -1.84. The number of imide groups is 1. The van der Waals surface area contributed by atoms with Gasteiger partial charge in [0.1, 0.15) is 12.6 Å². The normalized spacial score (nSPS) is 17.9. The summed E-state index contributed by atoms with van der Waals surface area (Å²) < 4.78 is 5.25. The first-order valence-corrected chi connectivity index (χ1v) is 9.01. The Morgan fingerprint density at radius 3 is 2.15 bits per heavy atom. The summed E-state index contributed by atoms with van der Waals surface area (Å²) >= 11 is 0. The predicted molar refractivity (Wildman–Crippen MR) is 96.0 cm³/mol. The molecular weight excluding hydrogens is 350 g/mol. The first-order valence-electron chi connectivity index (χ1n) is 9.01. The smallest absolute Gasteiger partial charge is 0.262 e. The Bertz CT molecular complexity index is 735. The molecule has 0 radical (unpaired) electrons. The van der Waals surface area contributed by atoms with Gasteiger partial charge in [-0.05, 0) is 18.1 Å². The third-order valence-electron chi connectivity index (χ3n) is 4.75. The second kappa shape index (κ2) is 7.87. The number of rotatable bonds is 5. The Kier molecular flexibility index (Phi) is 5.55. The summed E-state index contributed by atoms with van der Waals surface area (Å²) in [4.78, 5) is 52.6. The van der Waals surface area contributed by atoms with Gasteiger partial charge in [0.2, 0.25) is 11.8 Å². The van der Waals surface area contributed by atoms with E-state index in [9.17, 15) is 19.2 Å². The van der Waals surface area contributed by atoms with E-state index < -0.39 is 30.3 Å². The van der Waals surface area contributed by atoms with Crippen LogP contribution in [0.2, 0.25) is 0 Å². The highest BCUT2D eigenvalue weighted by molar-refractivity contribution is 6.22. The summed E-state index contributed by atoms with van der Waals surface area (Å²) in [5.41, 5.74) is 0.584. The number of hydrogen-bond acceptors (Lipinski definition) is 5.